The highest BCUT2D eigenvalue weighted by atomic mass is 79.9. The molecule has 0 spiro atoms. The number of pyridine rings is 1. The molecule has 0 atom stereocenters. The summed E-state index contributed by atoms with van der Waals surface area (Å²) in [5.41, 5.74) is 1.13. The van der Waals surface area contributed by atoms with Gasteiger partial charge in [-0.25, -0.2) is 4.98 Å². The van der Waals surface area contributed by atoms with E-state index in [0.717, 1.165) is 22.6 Å². The number of hydrogen-bond acceptors (Lipinski definition) is 3. The number of rotatable bonds is 5. The molecule has 2 aromatic rings. The van der Waals surface area contributed by atoms with Gasteiger partial charge in [-0.15, -0.1) is 0 Å². The van der Waals surface area contributed by atoms with Gasteiger partial charge in [-0.3, -0.25) is 0 Å². The number of benzene rings is 1. The van der Waals surface area contributed by atoms with Crippen LogP contribution in [0.4, 0.5) is 5.82 Å². The van der Waals surface area contributed by atoms with Crippen LogP contribution in [0.3, 0.4) is 0 Å². The molecule has 2 rings (SSSR count). The van der Waals surface area contributed by atoms with Crippen molar-refractivity contribution in [2.75, 3.05) is 19.0 Å². The van der Waals surface area contributed by atoms with E-state index in [1.54, 1.807) is 13.3 Å². The highest BCUT2D eigenvalue weighted by Crippen LogP contribution is 2.31. The normalized spacial score (nSPS) is 11.2. The summed E-state index contributed by atoms with van der Waals surface area (Å²) in [6.45, 7) is 5.16. The first-order valence-electron chi connectivity index (χ1n) is 6.52. The van der Waals surface area contributed by atoms with Gasteiger partial charge in [0.25, 0.3) is 0 Å². The molecule has 0 saturated carbocycles. The van der Waals surface area contributed by atoms with Crippen molar-refractivity contribution in [1.82, 2.24) is 4.98 Å². The zero-order valence-electron chi connectivity index (χ0n) is 12.0. The summed E-state index contributed by atoms with van der Waals surface area (Å²) in [6.07, 6.45) is 1.79. The number of para-hydroxylation sites is 1. The number of aromatic nitrogens is 1. The molecule has 0 radical (unpaired) electrons. The van der Waals surface area contributed by atoms with Gasteiger partial charge in [0.2, 0.25) is 0 Å². The van der Waals surface area contributed by atoms with Gasteiger partial charge in [0.1, 0.15) is 11.6 Å². The van der Waals surface area contributed by atoms with E-state index in [4.69, 9.17) is 4.74 Å². The molecule has 0 aliphatic heterocycles. The Morgan fingerprint density at radius 3 is 2.60 bits per heavy atom. The van der Waals surface area contributed by atoms with Crippen molar-refractivity contribution in [2.45, 2.75) is 19.3 Å². The maximum atomic E-state index is 5.45. The SMILES string of the molecule is COc1ccccc1C(C)(C)CNc1ccc(Br)cn1. The minimum absolute atomic E-state index is 0.0542. The third-order valence-electron chi connectivity index (χ3n) is 3.27. The zero-order valence-corrected chi connectivity index (χ0v) is 13.6. The van der Waals surface area contributed by atoms with Crippen LogP contribution in [0.2, 0.25) is 0 Å². The van der Waals surface area contributed by atoms with Gasteiger partial charge in [-0.1, -0.05) is 32.0 Å². The molecule has 3 nitrogen and oxygen atoms in total. The fourth-order valence-electron chi connectivity index (χ4n) is 2.09. The van der Waals surface area contributed by atoms with Gasteiger partial charge in [0, 0.05) is 28.2 Å². The Morgan fingerprint density at radius 1 is 1.20 bits per heavy atom. The number of hydrogen-bond donors (Lipinski definition) is 1. The molecule has 0 aliphatic rings. The van der Waals surface area contributed by atoms with Crippen LogP contribution >= 0.6 is 15.9 Å². The average molecular weight is 335 g/mol. The molecule has 0 aliphatic carbocycles. The van der Waals surface area contributed by atoms with Crippen LogP contribution in [-0.2, 0) is 5.41 Å². The lowest BCUT2D eigenvalue weighted by molar-refractivity contribution is 0.395. The maximum absolute atomic E-state index is 5.45. The Balaban J connectivity index is 2.12. The van der Waals surface area contributed by atoms with Gasteiger partial charge in [0.05, 0.1) is 7.11 Å². The van der Waals surface area contributed by atoms with Crippen LogP contribution in [0, 0.1) is 0 Å². The van der Waals surface area contributed by atoms with Crippen molar-refractivity contribution < 1.29 is 4.74 Å². The van der Waals surface area contributed by atoms with Gasteiger partial charge < -0.3 is 10.1 Å². The van der Waals surface area contributed by atoms with Crippen molar-refractivity contribution in [3.05, 3.63) is 52.6 Å². The molecule has 1 aromatic heterocycles. The molecule has 0 fully saturated rings. The molecule has 0 saturated heterocycles. The van der Waals surface area contributed by atoms with Crippen LogP contribution < -0.4 is 10.1 Å². The van der Waals surface area contributed by atoms with E-state index in [0.29, 0.717) is 0 Å². The lowest BCUT2D eigenvalue weighted by Crippen LogP contribution is -2.28. The molecule has 106 valence electrons. The molecular formula is C16H19BrN2O. The smallest absolute Gasteiger partial charge is 0.125 e. The van der Waals surface area contributed by atoms with Crippen molar-refractivity contribution in [1.29, 1.82) is 0 Å². The standard InChI is InChI=1S/C16H19BrN2O/c1-16(2,13-6-4-5-7-14(13)20-3)11-19-15-9-8-12(17)10-18-15/h4-10H,11H2,1-3H3,(H,18,19). The van der Waals surface area contributed by atoms with E-state index in [9.17, 15) is 0 Å². The molecule has 0 bridgehead atoms. The summed E-state index contributed by atoms with van der Waals surface area (Å²) >= 11 is 3.38. The fraction of sp³-hybridized carbons (Fsp3) is 0.312. The quantitative estimate of drug-likeness (QED) is 0.887. The first-order valence-corrected chi connectivity index (χ1v) is 7.31. The molecular weight excluding hydrogens is 316 g/mol. The average Bonchev–Trinajstić information content (AvgIpc) is 2.46. The van der Waals surface area contributed by atoms with E-state index in [1.165, 1.54) is 5.56 Å². The minimum atomic E-state index is -0.0542. The van der Waals surface area contributed by atoms with Crippen molar-refractivity contribution >= 4 is 21.7 Å². The minimum Gasteiger partial charge on any atom is -0.496 e. The van der Waals surface area contributed by atoms with Crippen molar-refractivity contribution in [3.63, 3.8) is 0 Å². The Morgan fingerprint density at radius 2 is 1.95 bits per heavy atom. The fourth-order valence-corrected chi connectivity index (χ4v) is 2.33. The molecule has 20 heavy (non-hydrogen) atoms. The van der Waals surface area contributed by atoms with E-state index in [1.807, 2.05) is 30.3 Å². The number of methoxy groups -OCH3 is 1. The number of halogens is 1. The summed E-state index contributed by atoms with van der Waals surface area (Å²) in [5.74, 6) is 1.79. The molecule has 1 aromatic carbocycles. The molecule has 4 heteroatoms. The van der Waals surface area contributed by atoms with Crippen LogP contribution in [-0.4, -0.2) is 18.6 Å². The van der Waals surface area contributed by atoms with Crippen LogP contribution in [0.5, 0.6) is 5.75 Å². The predicted octanol–water partition coefficient (Wildman–Crippen LogP) is 4.24. The van der Waals surface area contributed by atoms with Gasteiger partial charge in [0.15, 0.2) is 0 Å². The largest absolute Gasteiger partial charge is 0.496 e. The molecule has 1 N–H and O–H groups in total. The van der Waals surface area contributed by atoms with Crippen LogP contribution in [0.1, 0.15) is 19.4 Å². The number of anilines is 1. The maximum Gasteiger partial charge on any atom is 0.125 e. The van der Waals surface area contributed by atoms with Crippen LogP contribution in [0.15, 0.2) is 47.1 Å². The van der Waals surface area contributed by atoms with E-state index < -0.39 is 0 Å². The monoisotopic (exact) mass is 334 g/mol. The summed E-state index contributed by atoms with van der Waals surface area (Å²) in [5, 5.41) is 3.37. The summed E-state index contributed by atoms with van der Waals surface area (Å²) in [6, 6.07) is 12.1. The van der Waals surface area contributed by atoms with Gasteiger partial charge >= 0.3 is 0 Å². The second kappa shape index (κ2) is 6.27. The third kappa shape index (κ3) is 3.51. The second-order valence-corrected chi connectivity index (χ2v) is 6.22. The number of ether oxygens (including phenoxy) is 1. The highest BCUT2D eigenvalue weighted by Gasteiger charge is 2.24. The predicted molar refractivity (Wildman–Crippen MR) is 86.4 cm³/mol. The van der Waals surface area contributed by atoms with Crippen molar-refractivity contribution in [2.24, 2.45) is 0 Å². The lowest BCUT2D eigenvalue weighted by Gasteiger charge is -2.27. The Hall–Kier alpha value is -1.55. The summed E-state index contributed by atoms with van der Waals surface area (Å²) in [7, 11) is 1.71. The molecule has 1 heterocycles. The molecule has 0 amide bonds. The topological polar surface area (TPSA) is 34.1 Å². The van der Waals surface area contributed by atoms with Gasteiger partial charge in [-0.05, 0) is 34.1 Å². The Labute approximate surface area is 128 Å². The summed E-state index contributed by atoms with van der Waals surface area (Å²) in [4.78, 5) is 4.33. The first kappa shape index (κ1) is 14.9. The molecule has 0 unspecified atom stereocenters. The first-order chi connectivity index (χ1) is 9.53. The zero-order chi connectivity index (χ0) is 14.6. The lowest BCUT2D eigenvalue weighted by atomic mass is 9.84. The van der Waals surface area contributed by atoms with E-state index in [2.05, 4.69) is 46.1 Å². The van der Waals surface area contributed by atoms with Gasteiger partial charge in [-0.2, -0.15) is 0 Å². The highest BCUT2D eigenvalue weighted by molar-refractivity contribution is 9.10. The van der Waals surface area contributed by atoms with Crippen LogP contribution in [0.25, 0.3) is 0 Å². The second-order valence-electron chi connectivity index (χ2n) is 5.30. The van der Waals surface area contributed by atoms with E-state index >= 15 is 0 Å². The van der Waals surface area contributed by atoms with Crippen molar-refractivity contribution in [3.8, 4) is 5.75 Å². The third-order valence-corrected chi connectivity index (χ3v) is 3.74. The number of nitrogens with one attached hydrogen (secondary N) is 1. The Kier molecular flexibility index (Phi) is 4.65. The number of nitrogens with zero attached hydrogens (tertiary/aromatic N) is 1. The van der Waals surface area contributed by atoms with E-state index in [-0.39, 0.29) is 5.41 Å². The Bertz CT molecular complexity index is 567. The summed E-state index contributed by atoms with van der Waals surface area (Å²) < 4.78 is 6.43.